The van der Waals surface area contributed by atoms with Gasteiger partial charge < -0.3 is 0 Å². The van der Waals surface area contributed by atoms with Crippen molar-refractivity contribution in [2.24, 2.45) is 5.10 Å². The van der Waals surface area contributed by atoms with Gasteiger partial charge in [0.25, 0.3) is 5.91 Å². The average molecular weight is 384 g/mol. The lowest BCUT2D eigenvalue weighted by Gasteiger charge is -2.21. The van der Waals surface area contributed by atoms with E-state index in [1.807, 2.05) is 0 Å². The molecule has 0 spiro atoms. The van der Waals surface area contributed by atoms with Crippen LogP contribution in [-0.2, 0) is 14.8 Å². The molecular weight excluding hydrogens is 369 g/mol. The number of nitrogens with one attached hydrogen (secondary N) is 1. The summed E-state index contributed by atoms with van der Waals surface area (Å²) in [5.74, 6) is -1.28. The standard InChI is InChI=1S/C16H15ClFN3O3S/c1-25(23,24)21(15-7-3-6-14(18)9-15)11-16(22)20-19-10-12-4-2-5-13(17)8-12/h2-10H,11H2,1H3,(H,20,22)/b19-10-. The van der Waals surface area contributed by atoms with E-state index in [1.54, 1.807) is 24.3 Å². The first-order chi connectivity index (χ1) is 11.8. The van der Waals surface area contributed by atoms with Crippen molar-refractivity contribution >= 4 is 39.4 Å². The second kappa shape index (κ2) is 8.09. The van der Waals surface area contributed by atoms with E-state index in [2.05, 4.69) is 10.5 Å². The first-order valence-corrected chi connectivity index (χ1v) is 9.29. The van der Waals surface area contributed by atoms with Gasteiger partial charge in [0.05, 0.1) is 18.2 Å². The van der Waals surface area contributed by atoms with Crippen molar-refractivity contribution in [3.63, 3.8) is 0 Å². The van der Waals surface area contributed by atoms with Crippen molar-refractivity contribution in [2.45, 2.75) is 0 Å². The van der Waals surface area contributed by atoms with Crippen molar-refractivity contribution in [2.75, 3.05) is 17.1 Å². The minimum Gasteiger partial charge on any atom is -0.271 e. The van der Waals surface area contributed by atoms with Gasteiger partial charge in [-0.05, 0) is 35.9 Å². The number of halogens is 2. The third-order valence-electron chi connectivity index (χ3n) is 3.04. The summed E-state index contributed by atoms with van der Waals surface area (Å²) in [6, 6.07) is 11.8. The summed E-state index contributed by atoms with van der Waals surface area (Å²) in [6.45, 7) is -0.533. The number of hydrogen-bond acceptors (Lipinski definition) is 4. The van der Waals surface area contributed by atoms with Crippen molar-refractivity contribution in [1.29, 1.82) is 0 Å². The molecule has 2 rings (SSSR count). The lowest BCUT2D eigenvalue weighted by molar-refractivity contribution is -0.119. The maximum atomic E-state index is 13.3. The van der Waals surface area contributed by atoms with E-state index in [1.165, 1.54) is 24.4 Å². The third-order valence-corrected chi connectivity index (χ3v) is 4.41. The summed E-state index contributed by atoms with van der Waals surface area (Å²) in [5.41, 5.74) is 2.94. The Morgan fingerprint density at radius 1 is 1.28 bits per heavy atom. The highest BCUT2D eigenvalue weighted by Gasteiger charge is 2.21. The van der Waals surface area contributed by atoms with Crippen LogP contribution in [0.4, 0.5) is 10.1 Å². The van der Waals surface area contributed by atoms with Crippen LogP contribution in [0.1, 0.15) is 5.56 Å². The molecule has 0 unspecified atom stereocenters. The van der Waals surface area contributed by atoms with Crippen LogP contribution in [0.25, 0.3) is 0 Å². The van der Waals surface area contributed by atoms with Crippen LogP contribution in [0.3, 0.4) is 0 Å². The molecule has 0 aliphatic carbocycles. The molecule has 0 radical (unpaired) electrons. The SMILES string of the molecule is CS(=O)(=O)N(CC(=O)N/N=C\c1cccc(Cl)c1)c1cccc(F)c1. The monoisotopic (exact) mass is 383 g/mol. The molecule has 0 saturated carbocycles. The lowest BCUT2D eigenvalue weighted by Crippen LogP contribution is -2.39. The fraction of sp³-hybridized carbons (Fsp3) is 0.125. The summed E-state index contributed by atoms with van der Waals surface area (Å²) < 4.78 is 37.9. The fourth-order valence-electron chi connectivity index (χ4n) is 1.96. The number of benzene rings is 2. The highest BCUT2D eigenvalue weighted by atomic mass is 35.5. The van der Waals surface area contributed by atoms with Crippen LogP contribution in [0, 0.1) is 5.82 Å². The largest absolute Gasteiger partial charge is 0.271 e. The van der Waals surface area contributed by atoms with Crippen LogP contribution in [-0.4, -0.2) is 33.3 Å². The molecule has 0 saturated heterocycles. The first kappa shape index (κ1) is 18.9. The maximum Gasteiger partial charge on any atom is 0.260 e. The molecule has 1 amide bonds. The van der Waals surface area contributed by atoms with E-state index < -0.39 is 28.3 Å². The van der Waals surface area contributed by atoms with Gasteiger partial charge in [0.15, 0.2) is 0 Å². The van der Waals surface area contributed by atoms with Gasteiger partial charge in [-0.25, -0.2) is 18.2 Å². The summed E-state index contributed by atoms with van der Waals surface area (Å²) in [4.78, 5) is 12.0. The Balaban J connectivity index is 2.07. The number of carbonyl (C=O) groups excluding carboxylic acids is 1. The molecule has 0 aliphatic heterocycles. The van der Waals surface area contributed by atoms with Crippen molar-refractivity contribution in [3.05, 3.63) is 64.9 Å². The van der Waals surface area contributed by atoms with Crippen LogP contribution >= 0.6 is 11.6 Å². The Kier molecular flexibility index (Phi) is 6.11. The Hall–Kier alpha value is -2.45. The number of anilines is 1. The molecule has 0 atom stereocenters. The van der Waals surface area contributed by atoms with Gasteiger partial charge in [0.2, 0.25) is 10.0 Å². The van der Waals surface area contributed by atoms with Crippen LogP contribution in [0.15, 0.2) is 53.6 Å². The molecule has 9 heteroatoms. The van der Waals surface area contributed by atoms with E-state index in [0.717, 1.165) is 16.6 Å². The van der Waals surface area contributed by atoms with Gasteiger partial charge in [0.1, 0.15) is 12.4 Å². The molecule has 2 aromatic carbocycles. The highest BCUT2D eigenvalue weighted by Crippen LogP contribution is 2.18. The highest BCUT2D eigenvalue weighted by molar-refractivity contribution is 7.92. The van der Waals surface area contributed by atoms with Crippen molar-refractivity contribution < 1.29 is 17.6 Å². The first-order valence-electron chi connectivity index (χ1n) is 7.06. The molecule has 0 bridgehead atoms. The molecule has 6 nitrogen and oxygen atoms in total. The second-order valence-corrected chi connectivity index (χ2v) is 7.44. The Bertz CT molecular complexity index is 903. The van der Waals surface area contributed by atoms with E-state index in [0.29, 0.717) is 10.6 Å². The number of amides is 1. The number of nitrogens with zero attached hydrogens (tertiary/aromatic N) is 2. The average Bonchev–Trinajstić information content (AvgIpc) is 2.51. The van der Waals surface area contributed by atoms with Gasteiger partial charge in [-0.2, -0.15) is 5.10 Å². The van der Waals surface area contributed by atoms with Gasteiger partial charge in [0, 0.05) is 5.02 Å². The minimum atomic E-state index is -3.78. The van der Waals surface area contributed by atoms with E-state index in [4.69, 9.17) is 11.6 Å². The number of hydrazone groups is 1. The predicted molar refractivity (Wildman–Crippen MR) is 95.8 cm³/mol. The van der Waals surface area contributed by atoms with Crippen molar-refractivity contribution in [1.82, 2.24) is 5.43 Å². The van der Waals surface area contributed by atoms with Gasteiger partial charge >= 0.3 is 0 Å². The van der Waals surface area contributed by atoms with Gasteiger partial charge in [-0.1, -0.05) is 29.8 Å². The van der Waals surface area contributed by atoms with Gasteiger partial charge in [-0.3, -0.25) is 9.10 Å². The number of hydrogen-bond donors (Lipinski definition) is 1. The fourth-order valence-corrected chi connectivity index (χ4v) is 3.01. The Labute approximate surface area is 150 Å². The molecule has 1 N–H and O–H groups in total. The molecule has 132 valence electrons. The summed E-state index contributed by atoms with van der Waals surface area (Å²) in [5, 5.41) is 4.27. The van der Waals surface area contributed by atoms with Gasteiger partial charge in [-0.15, -0.1) is 0 Å². The summed E-state index contributed by atoms with van der Waals surface area (Å²) >= 11 is 5.83. The lowest BCUT2D eigenvalue weighted by atomic mass is 10.2. The van der Waals surface area contributed by atoms with Crippen molar-refractivity contribution in [3.8, 4) is 0 Å². The second-order valence-electron chi connectivity index (χ2n) is 5.10. The quantitative estimate of drug-likeness (QED) is 0.614. The van der Waals surface area contributed by atoms with E-state index in [-0.39, 0.29) is 5.69 Å². The zero-order valence-corrected chi connectivity index (χ0v) is 14.8. The molecule has 2 aromatic rings. The van der Waals surface area contributed by atoms with Crippen LogP contribution in [0.5, 0.6) is 0 Å². The van der Waals surface area contributed by atoms with E-state index >= 15 is 0 Å². The molecule has 0 aliphatic rings. The number of rotatable bonds is 6. The molecular formula is C16H15ClFN3O3S. The molecule has 0 fully saturated rings. The number of carbonyl (C=O) groups is 1. The predicted octanol–water partition coefficient (Wildman–Crippen LogP) is 2.40. The minimum absolute atomic E-state index is 0.0523. The van der Waals surface area contributed by atoms with E-state index in [9.17, 15) is 17.6 Å². The molecule has 25 heavy (non-hydrogen) atoms. The smallest absolute Gasteiger partial charge is 0.260 e. The summed E-state index contributed by atoms with van der Waals surface area (Å²) in [7, 11) is -3.78. The normalized spacial score (nSPS) is 11.5. The zero-order chi connectivity index (χ0) is 18.4. The number of sulfonamides is 1. The van der Waals surface area contributed by atoms with Crippen LogP contribution in [0.2, 0.25) is 5.02 Å². The summed E-state index contributed by atoms with van der Waals surface area (Å²) in [6.07, 6.45) is 2.30. The Morgan fingerprint density at radius 2 is 2.00 bits per heavy atom. The maximum absolute atomic E-state index is 13.3. The third kappa shape index (κ3) is 5.84. The van der Waals surface area contributed by atoms with Crippen LogP contribution < -0.4 is 9.73 Å². The zero-order valence-electron chi connectivity index (χ0n) is 13.2. The Morgan fingerprint density at radius 3 is 2.64 bits per heavy atom. The molecule has 0 aromatic heterocycles. The topological polar surface area (TPSA) is 78.8 Å². The molecule has 0 heterocycles.